The molecule has 24 heavy (non-hydrogen) atoms. The first kappa shape index (κ1) is 15.1. The quantitative estimate of drug-likeness (QED) is 0.852. The number of piperazine rings is 1. The van der Waals surface area contributed by atoms with Crippen molar-refractivity contribution < 1.29 is 4.79 Å². The van der Waals surface area contributed by atoms with Gasteiger partial charge in [-0.15, -0.1) is 0 Å². The Labute approximate surface area is 141 Å². The van der Waals surface area contributed by atoms with Crippen LogP contribution in [0.1, 0.15) is 40.6 Å². The van der Waals surface area contributed by atoms with Gasteiger partial charge in [-0.3, -0.25) is 9.48 Å². The average Bonchev–Trinajstić information content (AvgIpc) is 3.35. The zero-order valence-corrected chi connectivity index (χ0v) is 14.1. The van der Waals surface area contributed by atoms with Crippen molar-refractivity contribution in [2.24, 2.45) is 7.05 Å². The van der Waals surface area contributed by atoms with E-state index in [1.54, 1.807) is 17.1 Å². The fourth-order valence-electron chi connectivity index (χ4n) is 3.11. The van der Waals surface area contributed by atoms with E-state index in [0.717, 1.165) is 30.4 Å². The van der Waals surface area contributed by atoms with Crippen LogP contribution in [0.2, 0.25) is 0 Å². The molecule has 0 spiro atoms. The fraction of sp³-hybridized carbons (Fsp3) is 0.529. The molecule has 2 aliphatic rings. The van der Waals surface area contributed by atoms with Crippen molar-refractivity contribution in [2.75, 3.05) is 31.1 Å². The van der Waals surface area contributed by atoms with Crippen molar-refractivity contribution in [1.29, 1.82) is 0 Å². The van der Waals surface area contributed by atoms with Gasteiger partial charge >= 0.3 is 0 Å². The third-order valence-corrected chi connectivity index (χ3v) is 4.64. The molecular formula is C17H22N6O. The summed E-state index contributed by atoms with van der Waals surface area (Å²) in [6, 6.07) is 2.05. The second-order valence-electron chi connectivity index (χ2n) is 6.68. The first-order chi connectivity index (χ1) is 11.6. The molecule has 1 saturated heterocycles. The molecule has 0 N–H and O–H groups in total. The number of aromatic nitrogens is 4. The molecule has 4 rings (SSSR count). The SMILES string of the molecule is Cc1cc(N2CCN(C(=O)c3cnn(C)c3)CC2)nc(C2CC2)n1. The van der Waals surface area contributed by atoms with Crippen LogP contribution >= 0.6 is 0 Å². The van der Waals surface area contributed by atoms with Gasteiger partial charge in [0.1, 0.15) is 11.6 Å². The number of hydrogen-bond acceptors (Lipinski definition) is 5. The molecule has 0 bridgehead atoms. The van der Waals surface area contributed by atoms with E-state index in [0.29, 0.717) is 24.6 Å². The lowest BCUT2D eigenvalue weighted by Crippen LogP contribution is -2.49. The molecule has 0 radical (unpaired) electrons. The second kappa shape index (κ2) is 5.89. The fourth-order valence-corrected chi connectivity index (χ4v) is 3.11. The maximum Gasteiger partial charge on any atom is 0.257 e. The molecule has 1 amide bonds. The van der Waals surface area contributed by atoms with Gasteiger partial charge in [0, 0.05) is 57.1 Å². The summed E-state index contributed by atoms with van der Waals surface area (Å²) in [7, 11) is 1.82. The number of anilines is 1. The van der Waals surface area contributed by atoms with Crippen LogP contribution in [0.4, 0.5) is 5.82 Å². The highest BCUT2D eigenvalue weighted by molar-refractivity contribution is 5.93. The van der Waals surface area contributed by atoms with E-state index in [9.17, 15) is 4.79 Å². The van der Waals surface area contributed by atoms with Gasteiger partial charge in [0.2, 0.25) is 0 Å². The normalized spacial score (nSPS) is 18.1. The Balaban J connectivity index is 1.43. The summed E-state index contributed by atoms with van der Waals surface area (Å²) in [5, 5.41) is 4.08. The predicted molar refractivity (Wildman–Crippen MR) is 90.1 cm³/mol. The molecular weight excluding hydrogens is 304 g/mol. The lowest BCUT2D eigenvalue weighted by atomic mass is 10.2. The maximum atomic E-state index is 12.5. The van der Waals surface area contributed by atoms with E-state index in [-0.39, 0.29) is 5.91 Å². The van der Waals surface area contributed by atoms with Crippen LogP contribution in [0.5, 0.6) is 0 Å². The Hall–Kier alpha value is -2.44. The van der Waals surface area contributed by atoms with Gasteiger partial charge in [-0.1, -0.05) is 0 Å². The van der Waals surface area contributed by atoms with Gasteiger partial charge in [0.05, 0.1) is 11.8 Å². The Morgan fingerprint density at radius 3 is 2.54 bits per heavy atom. The van der Waals surface area contributed by atoms with E-state index in [2.05, 4.69) is 15.0 Å². The highest BCUT2D eigenvalue weighted by Crippen LogP contribution is 2.38. The van der Waals surface area contributed by atoms with Crippen molar-refractivity contribution >= 4 is 11.7 Å². The third-order valence-electron chi connectivity index (χ3n) is 4.64. The highest BCUT2D eigenvalue weighted by Gasteiger charge is 2.29. The van der Waals surface area contributed by atoms with Crippen molar-refractivity contribution in [1.82, 2.24) is 24.6 Å². The van der Waals surface area contributed by atoms with Crippen LogP contribution in [0.3, 0.4) is 0 Å². The molecule has 1 aliphatic carbocycles. The molecule has 7 heteroatoms. The van der Waals surface area contributed by atoms with Gasteiger partial charge in [-0.05, 0) is 19.8 Å². The smallest absolute Gasteiger partial charge is 0.257 e. The van der Waals surface area contributed by atoms with E-state index >= 15 is 0 Å². The largest absolute Gasteiger partial charge is 0.353 e. The standard InChI is InChI=1S/C17H22N6O/c1-12-9-15(20-16(19-12)13-3-4-13)22-5-7-23(8-6-22)17(24)14-10-18-21(2)11-14/h9-11,13H,3-8H2,1-2H3. The van der Waals surface area contributed by atoms with Crippen LogP contribution < -0.4 is 4.90 Å². The van der Waals surface area contributed by atoms with Gasteiger partial charge in [0.15, 0.2) is 0 Å². The van der Waals surface area contributed by atoms with Crippen LogP contribution in [-0.4, -0.2) is 56.7 Å². The van der Waals surface area contributed by atoms with Crippen LogP contribution in [0.15, 0.2) is 18.5 Å². The molecule has 2 aromatic heterocycles. The third kappa shape index (κ3) is 2.98. The molecule has 2 fully saturated rings. The first-order valence-corrected chi connectivity index (χ1v) is 8.48. The lowest BCUT2D eigenvalue weighted by Gasteiger charge is -2.35. The Morgan fingerprint density at radius 1 is 1.17 bits per heavy atom. The average molecular weight is 326 g/mol. The van der Waals surface area contributed by atoms with Gasteiger partial charge in [-0.2, -0.15) is 5.10 Å². The number of nitrogens with zero attached hydrogens (tertiary/aromatic N) is 6. The Morgan fingerprint density at radius 2 is 1.92 bits per heavy atom. The zero-order chi connectivity index (χ0) is 16.7. The molecule has 1 saturated carbocycles. The van der Waals surface area contributed by atoms with E-state index in [1.165, 1.54) is 12.8 Å². The summed E-state index contributed by atoms with van der Waals surface area (Å²) >= 11 is 0. The van der Waals surface area contributed by atoms with Gasteiger partial charge < -0.3 is 9.80 Å². The summed E-state index contributed by atoms with van der Waals surface area (Å²) in [5.74, 6) is 2.59. The highest BCUT2D eigenvalue weighted by atomic mass is 16.2. The monoisotopic (exact) mass is 326 g/mol. The summed E-state index contributed by atoms with van der Waals surface area (Å²) in [4.78, 5) is 26.0. The Bertz CT molecular complexity index is 758. The van der Waals surface area contributed by atoms with Crippen LogP contribution in [0, 0.1) is 6.92 Å². The number of rotatable bonds is 3. The molecule has 0 unspecified atom stereocenters. The zero-order valence-electron chi connectivity index (χ0n) is 14.1. The molecule has 2 aromatic rings. The molecule has 7 nitrogen and oxygen atoms in total. The first-order valence-electron chi connectivity index (χ1n) is 8.48. The van der Waals surface area contributed by atoms with Gasteiger partial charge in [0.25, 0.3) is 5.91 Å². The Kier molecular flexibility index (Phi) is 3.70. The summed E-state index contributed by atoms with van der Waals surface area (Å²) < 4.78 is 1.66. The van der Waals surface area contributed by atoms with Crippen LogP contribution in [0.25, 0.3) is 0 Å². The second-order valence-corrected chi connectivity index (χ2v) is 6.68. The number of aryl methyl sites for hydroxylation is 2. The van der Waals surface area contributed by atoms with Crippen molar-refractivity contribution in [2.45, 2.75) is 25.7 Å². The molecule has 0 aromatic carbocycles. The number of carbonyl (C=O) groups is 1. The van der Waals surface area contributed by atoms with Crippen molar-refractivity contribution in [3.63, 3.8) is 0 Å². The number of amides is 1. The summed E-state index contributed by atoms with van der Waals surface area (Å²) in [6.07, 6.45) is 5.81. The lowest BCUT2D eigenvalue weighted by molar-refractivity contribution is 0.0746. The summed E-state index contributed by atoms with van der Waals surface area (Å²) in [5.41, 5.74) is 1.68. The van der Waals surface area contributed by atoms with Gasteiger partial charge in [-0.25, -0.2) is 9.97 Å². The predicted octanol–water partition coefficient (Wildman–Crippen LogP) is 1.36. The van der Waals surface area contributed by atoms with Crippen molar-refractivity contribution in [3.8, 4) is 0 Å². The van der Waals surface area contributed by atoms with E-state index in [1.807, 2.05) is 24.9 Å². The minimum absolute atomic E-state index is 0.0558. The summed E-state index contributed by atoms with van der Waals surface area (Å²) in [6.45, 7) is 5.03. The maximum absolute atomic E-state index is 12.5. The minimum Gasteiger partial charge on any atom is -0.353 e. The van der Waals surface area contributed by atoms with E-state index < -0.39 is 0 Å². The molecule has 0 atom stereocenters. The minimum atomic E-state index is 0.0558. The van der Waals surface area contributed by atoms with E-state index in [4.69, 9.17) is 4.98 Å². The molecule has 1 aliphatic heterocycles. The van der Waals surface area contributed by atoms with Crippen molar-refractivity contribution in [3.05, 3.63) is 35.5 Å². The number of hydrogen-bond donors (Lipinski definition) is 0. The van der Waals surface area contributed by atoms with Crippen LogP contribution in [-0.2, 0) is 7.05 Å². The molecule has 3 heterocycles. The number of carbonyl (C=O) groups excluding carboxylic acids is 1. The topological polar surface area (TPSA) is 67.2 Å². The molecule has 126 valence electrons.